The Morgan fingerprint density at radius 3 is 2.31 bits per heavy atom. The Balaban J connectivity index is 1.84. The Morgan fingerprint density at radius 1 is 0.923 bits per heavy atom. The summed E-state index contributed by atoms with van der Waals surface area (Å²) in [6.45, 7) is 0. The molecule has 5 nitrogen and oxygen atoms in total. The molecule has 26 heavy (non-hydrogen) atoms. The standard InChI is InChI=1S/C20H14FN3O2/c1-26-17-11-10-16-18(23-15-5-3-2-4-14(15)22-16)19(17)24-20(25)12-6-8-13(21)9-7-12/h2-11H,1H3,(H,24,25). The number of para-hydroxylation sites is 2. The van der Waals surface area contributed by atoms with E-state index >= 15 is 0 Å². The maximum absolute atomic E-state index is 13.1. The Kier molecular flexibility index (Phi) is 3.93. The molecule has 1 heterocycles. The molecule has 0 bridgehead atoms. The fourth-order valence-electron chi connectivity index (χ4n) is 2.75. The Morgan fingerprint density at radius 2 is 1.62 bits per heavy atom. The van der Waals surface area contributed by atoms with Crippen LogP contribution in [0.15, 0.2) is 60.7 Å². The van der Waals surface area contributed by atoms with Crippen molar-refractivity contribution < 1.29 is 13.9 Å². The highest BCUT2D eigenvalue weighted by Gasteiger charge is 2.16. The number of methoxy groups -OCH3 is 1. The van der Waals surface area contributed by atoms with E-state index in [0.717, 1.165) is 5.52 Å². The van der Waals surface area contributed by atoms with Gasteiger partial charge in [-0.05, 0) is 48.5 Å². The second-order valence-electron chi connectivity index (χ2n) is 5.68. The van der Waals surface area contributed by atoms with Crippen molar-refractivity contribution in [3.05, 3.63) is 72.0 Å². The van der Waals surface area contributed by atoms with Crippen LogP contribution >= 0.6 is 0 Å². The number of aromatic nitrogens is 2. The monoisotopic (exact) mass is 347 g/mol. The number of anilines is 1. The number of ether oxygens (including phenoxy) is 1. The van der Waals surface area contributed by atoms with Crippen LogP contribution < -0.4 is 10.1 Å². The Labute approximate surface area is 148 Å². The highest BCUT2D eigenvalue weighted by molar-refractivity contribution is 6.10. The van der Waals surface area contributed by atoms with Gasteiger partial charge in [-0.2, -0.15) is 0 Å². The molecule has 1 aromatic heterocycles. The Bertz CT molecular complexity index is 1130. The number of hydrogen-bond donors (Lipinski definition) is 1. The summed E-state index contributed by atoms with van der Waals surface area (Å²) in [5, 5.41) is 2.82. The summed E-state index contributed by atoms with van der Waals surface area (Å²) in [6.07, 6.45) is 0. The van der Waals surface area contributed by atoms with Gasteiger partial charge in [0, 0.05) is 5.56 Å². The van der Waals surface area contributed by atoms with Gasteiger partial charge in [0.1, 0.15) is 22.8 Å². The number of amides is 1. The van der Waals surface area contributed by atoms with Gasteiger partial charge in [-0.3, -0.25) is 4.79 Å². The van der Waals surface area contributed by atoms with Crippen molar-refractivity contribution >= 4 is 33.7 Å². The largest absolute Gasteiger partial charge is 0.494 e. The number of benzene rings is 3. The van der Waals surface area contributed by atoms with Gasteiger partial charge < -0.3 is 10.1 Å². The molecule has 0 aliphatic heterocycles. The van der Waals surface area contributed by atoms with Gasteiger partial charge in [-0.25, -0.2) is 14.4 Å². The third-order valence-corrected chi connectivity index (χ3v) is 4.04. The number of fused-ring (bicyclic) bond motifs is 2. The van der Waals surface area contributed by atoms with E-state index in [0.29, 0.717) is 33.6 Å². The van der Waals surface area contributed by atoms with E-state index in [1.54, 1.807) is 12.1 Å². The summed E-state index contributed by atoms with van der Waals surface area (Å²) in [6, 6.07) is 16.3. The van der Waals surface area contributed by atoms with Crippen molar-refractivity contribution in [1.29, 1.82) is 0 Å². The molecular formula is C20H14FN3O2. The number of nitrogens with zero attached hydrogens (tertiary/aromatic N) is 2. The molecule has 3 aromatic carbocycles. The molecule has 1 N–H and O–H groups in total. The molecule has 0 aliphatic rings. The van der Waals surface area contributed by atoms with E-state index in [1.807, 2.05) is 24.3 Å². The van der Waals surface area contributed by atoms with Crippen molar-refractivity contribution in [2.75, 3.05) is 12.4 Å². The molecule has 0 fully saturated rings. The van der Waals surface area contributed by atoms with Gasteiger partial charge in [-0.15, -0.1) is 0 Å². The Hall–Kier alpha value is -3.54. The quantitative estimate of drug-likeness (QED) is 0.565. The van der Waals surface area contributed by atoms with Crippen LogP contribution in [-0.2, 0) is 0 Å². The molecule has 0 unspecified atom stereocenters. The highest BCUT2D eigenvalue weighted by Crippen LogP contribution is 2.32. The van der Waals surface area contributed by atoms with E-state index in [9.17, 15) is 9.18 Å². The summed E-state index contributed by atoms with van der Waals surface area (Å²) in [5.74, 6) is -0.315. The van der Waals surface area contributed by atoms with E-state index < -0.39 is 5.82 Å². The fourth-order valence-corrected chi connectivity index (χ4v) is 2.75. The minimum absolute atomic E-state index is 0.333. The predicted molar refractivity (Wildman–Crippen MR) is 97.9 cm³/mol. The molecular weight excluding hydrogens is 333 g/mol. The fraction of sp³-hybridized carbons (Fsp3) is 0.0500. The number of hydrogen-bond acceptors (Lipinski definition) is 4. The highest BCUT2D eigenvalue weighted by atomic mass is 19.1. The smallest absolute Gasteiger partial charge is 0.255 e. The van der Waals surface area contributed by atoms with E-state index in [4.69, 9.17) is 4.74 Å². The van der Waals surface area contributed by atoms with E-state index in [1.165, 1.54) is 31.4 Å². The van der Waals surface area contributed by atoms with E-state index in [2.05, 4.69) is 15.3 Å². The van der Waals surface area contributed by atoms with Crippen molar-refractivity contribution in [3.63, 3.8) is 0 Å². The number of halogens is 1. The summed E-state index contributed by atoms with van der Waals surface area (Å²) < 4.78 is 18.5. The predicted octanol–water partition coefficient (Wildman–Crippen LogP) is 4.18. The summed E-state index contributed by atoms with van der Waals surface area (Å²) >= 11 is 0. The number of carbonyl (C=O) groups is 1. The number of nitrogens with one attached hydrogen (secondary N) is 1. The van der Waals surface area contributed by atoms with Crippen LogP contribution in [0.4, 0.5) is 10.1 Å². The summed E-state index contributed by atoms with van der Waals surface area (Å²) in [4.78, 5) is 21.8. The van der Waals surface area contributed by atoms with Crippen LogP contribution in [0.5, 0.6) is 5.75 Å². The average Bonchev–Trinajstić information content (AvgIpc) is 2.67. The summed E-state index contributed by atoms with van der Waals surface area (Å²) in [5.41, 5.74) is 3.40. The molecule has 0 atom stereocenters. The average molecular weight is 347 g/mol. The van der Waals surface area contributed by atoms with Gasteiger partial charge in [-0.1, -0.05) is 12.1 Å². The van der Waals surface area contributed by atoms with Crippen LogP contribution in [0.2, 0.25) is 0 Å². The number of carbonyl (C=O) groups excluding carboxylic acids is 1. The van der Waals surface area contributed by atoms with Gasteiger partial charge in [0.15, 0.2) is 0 Å². The van der Waals surface area contributed by atoms with Crippen molar-refractivity contribution in [2.45, 2.75) is 0 Å². The van der Waals surface area contributed by atoms with Crippen LogP contribution in [0.1, 0.15) is 10.4 Å². The topological polar surface area (TPSA) is 64.1 Å². The zero-order valence-electron chi connectivity index (χ0n) is 13.9. The molecule has 0 spiro atoms. The molecule has 0 radical (unpaired) electrons. The van der Waals surface area contributed by atoms with Crippen molar-refractivity contribution in [3.8, 4) is 5.75 Å². The van der Waals surface area contributed by atoms with Gasteiger partial charge >= 0.3 is 0 Å². The van der Waals surface area contributed by atoms with Gasteiger partial charge in [0.05, 0.1) is 23.7 Å². The molecule has 1 amide bonds. The molecule has 6 heteroatoms. The molecule has 0 saturated heterocycles. The lowest BCUT2D eigenvalue weighted by atomic mass is 10.1. The second-order valence-corrected chi connectivity index (χ2v) is 5.68. The third-order valence-electron chi connectivity index (χ3n) is 4.04. The molecule has 4 aromatic rings. The maximum Gasteiger partial charge on any atom is 0.255 e. The van der Waals surface area contributed by atoms with Crippen molar-refractivity contribution in [2.24, 2.45) is 0 Å². The maximum atomic E-state index is 13.1. The first kappa shape index (κ1) is 16.0. The van der Waals surface area contributed by atoms with Crippen molar-refractivity contribution in [1.82, 2.24) is 9.97 Å². The summed E-state index contributed by atoms with van der Waals surface area (Å²) in [7, 11) is 1.52. The SMILES string of the molecule is COc1ccc2nc3ccccc3nc2c1NC(=O)c1ccc(F)cc1. The molecule has 0 aliphatic carbocycles. The van der Waals surface area contributed by atoms with Gasteiger partial charge in [0.25, 0.3) is 5.91 Å². The minimum Gasteiger partial charge on any atom is -0.494 e. The first-order chi connectivity index (χ1) is 12.7. The first-order valence-electron chi connectivity index (χ1n) is 7.96. The van der Waals surface area contributed by atoms with Crippen LogP contribution in [0.25, 0.3) is 22.1 Å². The zero-order valence-corrected chi connectivity index (χ0v) is 13.9. The lowest BCUT2D eigenvalue weighted by Gasteiger charge is -2.13. The zero-order chi connectivity index (χ0) is 18.1. The lowest BCUT2D eigenvalue weighted by Crippen LogP contribution is -2.13. The molecule has 4 rings (SSSR count). The van der Waals surface area contributed by atoms with Crippen LogP contribution in [0.3, 0.4) is 0 Å². The third kappa shape index (κ3) is 2.82. The first-order valence-corrected chi connectivity index (χ1v) is 7.96. The lowest BCUT2D eigenvalue weighted by molar-refractivity contribution is 0.102. The van der Waals surface area contributed by atoms with Gasteiger partial charge in [0.2, 0.25) is 0 Å². The number of rotatable bonds is 3. The minimum atomic E-state index is -0.401. The molecule has 0 saturated carbocycles. The van der Waals surface area contributed by atoms with E-state index in [-0.39, 0.29) is 5.91 Å². The second kappa shape index (κ2) is 6.40. The molecule has 128 valence electrons. The van der Waals surface area contributed by atoms with Crippen LogP contribution in [0, 0.1) is 5.82 Å². The normalized spacial score (nSPS) is 10.8. The van der Waals surface area contributed by atoms with Crippen LogP contribution in [-0.4, -0.2) is 23.0 Å².